The zero-order chi connectivity index (χ0) is 16.8. The summed E-state index contributed by atoms with van der Waals surface area (Å²) in [5, 5.41) is 8.61. The first-order chi connectivity index (χ1) is 11.5. The summed E-state index contributed by atoms with van der Waals surface area (Å²) in [4.78, 5) is 17.0. The SMILES string of the molecule is Cc1ccc2nc([C@H](C)Nc3nc(C)nc4c3cnn4C)[nH]c2c1. The summed E-state index contributed by atoms with van der Waals surface area (Å²) < 4.78 is 1.75. The molecule has 1 aromatic carbocycles. The number of aryl methyl sites for hydroxylation is 3. The molecule has 24 heavy (non-hydrogen) atoms. The van der Waals surface area contributed by atoms with Gasteiger partial charge in [0.1, 0.15) is 17.5 Å². The number of fused-ring (bicyclic) bond motifs is 2. The van der Waals surface area contributed by atoms with Crippen LogP contribution in [0.5, 0.6) is 0 Å². The topological polar surface area (TPSA) is 84.3 Å². The first kappa shape index (κ1) is 14.6. The van der Waals surface area contributed by atoms with Crippen LogP contribution >= 0.6 is 0 Å². The fourth-order valence-corrected chi connectivity index (χ4v) is 2.86. The van der Waals surface area contributed by atoms with E-state index in [2.05, 4.69) is 56.3 Å². The van der Waals surface area contributed by atoms with Crippen molar-refractivity contribution < 1.29 is 0 Å². The normalized spacial score (nSPS) is 12.8. The third-order valence-electron chi connectivity index (χ3n) is 4.12. The lowest BCUT2D eigenvalue weighted by molar-refractivity contribution is 0.781. The molecule has 0 fully saturated rings. The van der Waals surface area contributed by atoms with Gasteiger partial charge in [0.25, 0.3) is 0 Å². The summed E-state index contributed by atoms with van der Waals surface area (Å²) in [7, 11) is 1.88. The predicted molar refractivity (Wildman–Crippen MR) is 93.9 cm³/mol. The van der Waals surface area contributed by atoms with E-state index in [1.807, 2.05) is 20.0 Å². The van der Waals surface area contributed by atoms with Gasteiger partial charge in [-0.05, 0) is 38.5 Å². The highest BCUT2D eigenvalue weighted by molar-refractivity contribution is 5.86. The van der Waals surface area contributed by atoms with Crippen molar-refractivity contribution in [1.82, 2.24) is 29.7 Å². The lowest BCUT2D eigenvalue weighted by atomic mass is 10.2. The van der Waals surface area contributed by atoms with Crippen LogP contribution in [0.2, 0.25) is 0 Å². The fraction of sp³-hybridized carbons (Fsp3) is 0.294. The molecule has 0 saturated heterocycles. The maximum absolute atomic E-state index is 4.68. The smallest absolute Gasteiger partial charge is 0.163 e. The average Bonchev–Trinajstić information content (AvgIpc) is 3.11. The molecule has 0 spiro atoms. The third kappa shape index (κ3) is 2.38. The lowest BCUT2D eigenvalue weighted by Gasteiger charge is -2.13. The Hall–Kier alpha value is -2.96. The molecule has 0 bridgehead atoms. The van der Waals surface area contributed by atoms with E-state index in [1.54, 1.807) is 10.9 Å². The van der Waals surface area contributed by atoms with Gasteiger partial charge in [0.2, 0.25) is 0 Å². The number of nitrogens with zero attached hydrogens (tertiary/aromatic N) is 5. The minimum Gasteiger partial charge on any atom is -0.360 e. The number of hydrogen-bond acceptors (Lipinski definition) is 5. The Balaban J connectivity index is 1.71. The molecular formula is C17H19N7. The second kappa shape index (κ2) is 5.30. The Labute approximate surface area is 139 Å². The summed E-state index contributed by atoms with van der Waals surface area (Å²) in [5.41, 5.74) is 4.04. The van der Waals surface area contributed by atoms with Crippen molar-refractivity contribution in [2.24, 2.45) is 7.05 Å². The molecule has 2 N–H and O–H groups in total. The molecule has 4 aromatic rings. The fourth-order valence-electron chi connectivity index (χ4n) is 2.86. The first-order valence-corrected chi connectivity index (χ1v) is 7.90. The maximum Gasteiger partial charge on any atom is 0.163 e. The molecule has 0 aliphatic rings. The van der Waals surface area contributed by atoms with E-state index in [0.717, 1.165) is 33.7 Å². The third-order valence-corrected chi connectivity index (χ3v) is 4.12. The van der Waals surface area contributed by atoms with Crippen LogP contribution in [0.15, 0.2) is 24.4 Å². The highest BCUT2D eigenvalue weighted by Gasteiger charge is 2.15. The minimum absolute atomic E-state index is 0.0181. The largest absolute Gasteiger partial charge is 0.360 e. The summed E-state index contributed by atoms with van der Waals surface area (Å²) in [6, 6.07) is 6.19. The molecule has 0 saturated carbocycles. The Bertz CT molecular complexity index is 1040. The molecule has 0 amide bonds. The van der Waals surface area contributed by atoms with E-state index < -0.39 is 0 Å². The van der Waals surface area contributed by atoms with E-state index in [9.17, 15) is 0 Å². The number of nitrogens with one attached hydrogen (secondary N) is 2. The quantitative estimate of drug-likeness (QED) is 0.606. The van der Waals surface area contributed by atoms with E-state index in [4.69, 9.17) is 0 Å². The van der Waals surface area contributed by atoms with Crippen LogP contribution in [-0.4, -0.2) is 29.7 Å². The number of imidazole rings is 1. The van der Waals surface area contributed by atoms with Gasteiger partial charge in [-0.15, -0.1) is 0 Å². The van der Waals surface area contributed by atoms with E-state index in [1.165, 1.54) is 5.56 Å². The number of benzene rings is 1. The second-order valence-corrected chi connectivity index (χ2v) is 6.13. The Morgan fingerprint density at radius 3 is 2.83 bits per heavy atom. The van der Waals surface area contributed by atoms with Crippen molar-refractivity contribution in [2.45, 2.75) is 26.8 Å². The molecule has 0 aliphatic carbocycles. The highest BCUT2D eigenvalue weighted by atomic mass is 15.3. The number of aromatic nitrogens is 6. The Morgan fingerprint density at radius 2 is 2.00 bits per heavy atom. The number of hydrogen-bond donors (Lipinski definition) is 2. The number of rotatable bonds is 3. The van der Waals surface area contributed by atoms with Gasteiger partial charge in [-0.1, -0.05) is 6.07 Å². The molecule has 0 unspecified atom stereocenters. The molecule has 7 heteroatoms. The average molecular weight is 321 g/mol. The molecular weight excluding hydrogens is 302 g/mol. The molecule has 3 aromatic heterocycles. The number of anilines is 1. The van der Waals surface area contributed by atoms with Crippen LogP contribution in [-0.2, 0) is 7.05 Å². The van der Waals surface area contributed by atoms with Crippen molar-refractivity contribution in [1.29, 1.82) is 0 Å². The molecule has 4 rings (SSSR count). The zero-order valence-corrected chi connectivity index (χ0v) is 14.1. The molecule has 122 valence electrons. The van der Waals surface area contributed by atoms with E-state index in [-0.39, 0.29) is 6.04 Å². The number of aromatic amines is 1. The van der Waals surface area contributed by atoms with Crippen LogP contribution in [0.3, 0.4) is 0 Å². The van der Waals surface area contributed by atoms with Gasteiger partial charge in [-0.25, -0.2) is 15.0 Å². The highest BCUT2D eigenvalue weighted by Crippen LogP contribution is 2.24. The van der Waals surface area contributed by atoms with Crippen LogP contribution in [0, 0.1) is 13.8 Å². The van der Waals surface area contributed by atoms with Gasteiger partial charge >= 0.3 is 0 Å². The van der Waals surface area contributed by atoms with Gasteiger partial charge in [0, 0.05) is 7.05 Å². The van der Waals surface area contributed by atoms with Crippen molar-refractivity contribution in [3.63, 3.8) is 0 Å². The second-order valence-electron chi connectivity index (χ2n) is 6.13. The zero-order valence-electron chi connectivity index (χ0n) is 14.1. The van der Waals surface area contributed by atoms with Crippen molar-refractivity contribution >= 4 is 27.9 Å². The summed E-state index contributed by atoms with van der Waals surface area (Å²) in [6.07, 6.45) is 1.78. The lowest BCUT2D eigenvalue weighted by Crippen LogP contribution is -2.11. The van der Waals surface area contributed by atoms with E-state index >= 15 is 0 Å². The van der Waals surface area contributed by atoms with Crippen molar-refractivity contribution in [2.75, 3.05) is 5.32 Å². The Morgan fingerprint density at radius 1 is 1.17 bits per heavy atom. The van der Waals surface area contributed by atoms with Crippen LogP contribution in [0.25, 0.3) is 22.1 Å². The van der Waals surface area contributed by atoms with Gasteiger partial charge in [0.15, 0.2) is 5.65 Å². The van der Waals surface area contributed by atoms with Gasteiger partial charge in [0.05, 0.1) is 28.7 Å². The van der Waals surface area contributed by atoms with Crippen molar-refractivity contribution in [3.8, 4) is 0 Å². The first-order valence-electron chi connectivity index (χ1n) is 7.90. The molecule has 3 heterocycles. The monoisotopic (exact) mass is 321 g/mol. The van der Waals surface area contributed by atoms with Gasteiger partial charge < -0.3 is 10.3 Å². The van der Waals surface area contributed by atoms with Gasteiger partial charge in [-0.2, -0.15) is 5.10 Å². The van der Waals surface area contributed by atoms with Crippen LogP contribution < -0.4 is 5.32 Å². The summed E-state index contributed by atoms with van der Waals surface area (Å²) in [5.74, 6) is 2.36. The molecule has 7 nitrogen and oxygen atoms in total. The van der Waals surface area contributed by atoms with Gasteiger partial charge in [-0.3, -0.25) is 4.68 Å². The van der Waals surface area contributed by atoms with Crippen LogP contribution in [0.4, 0.5) is 5.82 Å². The molecule has 0 radical (unpaired) electrons. The summed E-state index contributed by atoms with van der Waals surface area (Å²) >= 11 is 0. The minimum atomic E-state index is -0.0181. The maximum atomic E-state index is 4.68. The number of H-pyrrole nitrogens is 1. The molecule has 1 atom stereocenters. The van der Waals surface area contributed by atoms with Crippen LogP contribution in [0.1, 0.15) is 30.2 Å². The van der Waals surface area contributed by atoms with E-state index in [0.29, 0.717) is 5.82 Å². The predicted octanol–water partition coefficient (Wildman–Crippen LogP) is 3.03. The summed E-state index contributed by atoms with van der Waals surface area (Å²) in [6.45, 7) is 6.01. The Kier molecular flexibility index (Phi) is 3.23. The molecule has 0 aliphatic heterocycles. The van der Waals surface area contributed by atoms with Crippen molar-refractivity contribution in [3.05, 3.63) is 41.6 Å². The standard InChI is InChI=1S/C17H19N7/c1-9-5-6-13-14(7-9)23-15(22-13)10(2)19-16-12-8-18-24(4)17(12)21-11(3)20-16/h5-8,10H,1-4H3,(H,22,23)(H,19,20,21)/t10-/m0/s1.